The Morgan fingerprint density at radius 2 is 1.82 bits per heavy atom. The highest BCUT2D eigenvalue weighted by molar-refractivity contribution is 6.33. The summed E-state index contributed by atoms with van der Waals surface area (Å²) in [4.78, 5) is 33.2. The van der Waals surface area contributed by atoms with Gasteiger partial charge in [0.05, 0.1) is 22.4 Å². The number of ether oxygens (including phenoxy) is 1. The van der Waals surface area contributed by atoms with Crippen molar-refractivity contribution in [2.45, 2.75) is 32.8 Å². The third-order valence-electron chi connectivity index (χ3n) is 7.04. The van der Waals surface area contributed by atoms with Crippen LogP contribution in [0.5, 0.6) is 0 Å². The van der Waals surface area contributed by atoms with E-state index in [4.69, 9.17) is 32.9 Å². The summed E-state index contributed by atoms with van der Waals surface area (Å²) in [5, 5.41) is 3.90. The van der Waals surface area contributed by atoms with Crippen LogP contribution in [0.3, 0.4) is 0 Å². The molecule has 3 aromatic carbocycles. The molecule has 5 rings (SSSR count). The number of nitrogens with zero attached hydrogens (tertiary/aromatic N) is 3. The lowest BCUT2D eigenvalue weighted by Crippen LogP contribution is -2.42. The predicted octanol–water partition coefficient (Wildman–Crippen LogP) is 6.72. The molecule has 1 aliphatic heterocycles. The highest BCUT2D eigenvalue weighted by Gasteiger charge is 2.27. The van der Waals surface area contributed by atoms with Gasteiger partial charge in [-0.15, -0.1) is 0 Å². The third kappa shape index (κ3) is 6.39. The first-order valence-electron chi connectivity index (χ1n) is 13.2. The van der Waals surface area contributed by atoms with Gasteiger partial charge in [0.25, 0.3) is 5.91 Å². The van der Waals surface area contributed by atoms with Crippen LogP contribution in [0.2, 0.25) is 10.0 Å². The SMILES string of the molecule is Cc1ccc(-n2cc(-c3ccc(Cl)cc3)nc2NC(=O)CN(C[C@@H]2CCCO2)C(=O)c2ccccc2Cl)cc1C. The summed E-state index contributed by atoms with van der Waals surface area (Å²) in [6, 6.07) is 20.3. The van der Waals surface area contributed by atoms with Gasteiger partial charge in [0.2, 0.25) is 11.9 Å². The Morgan fingerprint density at radius 1 is 1.05 bits per heavy atom. The van der Waals surface area contributed by atoms with E-state index in [0.29, 0.717) is 40.4 Å². The zero-order chi connectivity index (χ0) is 28.2. The normalized spacial score (nSPS) is 14.8. The number of aromatic nitrogens is 2. The second-order valence-electron chi connectivity index (χ2n) is 9.94. The van der Waals surface area contributed by atoms with Crippen LogP contribution < -0.4 is 5.32 Å². The molecule has 40 heavy (non-hydrogen) atoms. The molecule has 7 nitrogen and oxygen atoms in total. The summed E-state index contributed by atoms with van der Waals surface area (Å²) in [6.07, 6.45) is 3.50. The Hall–Kier alpha value is -3.65. The van der Waals surface area contributed by atoms with E-state index in [1.165, 1.54) is 4.90 Å². The van der Waals surface area contributed by atoms with E-state index in [-0.39, 0.29) is 24.5 Å². The summed E-state index contributed by atoms with van der Waals surface area (Å²) < 4.78 is 7.62. The molecule has 1 saturated heterocycles. The molecule has 0 aliphatic carbocycles. The van der Waals surface area contributed by atoms with E-state index in [1.807, 2.05) is 54.9 Å². The summed E-state index contributed by atoms with van der Waals surface area (Å²) >= 11 is 12.4. The van der Waals surface area contributed by atoms with Gasteiger partial charge < -0.3 is 9.64 Å². The molecule has 2 amide bonds. The first-order valence-corrected chi connectivity index (χ1v) is 13.9. The van der Waals surface area contributed by atoms with Crippen LogP contribution in [-0.4, -0.2) is 52.1 Å². The molecule has 0 radical (unpaired) electrons. The lowest BCUT2D eigenvalue weighted by atomic mass is 10.1. The smallest absolute Gasteiger partial charge is 0.255 e. The number of nitrogens with one attached hydrogen (secondary N) is 1. The van der Waals surface area contributed by atoms with Crippen LogP contribution in [-0.2, 0) is 9.53 Å². The molecule has 4 aromatic rings. The topological polar surface area (TPSA) is 76.5 Å². The molecule has 9 heteroatoms. The molecule has 0 spiro atoms. The lowest BCUT2D eigenvalue weighted by molar-refractivity contribution is -0.117. The maximum atomic E-state index is 13.5. The predicted molar refractivity (Wildman–Crippen MR) is 158 cm³/mol. The van der Waals surface area contributed by atoms with Crippen LogP contribution in [0.4, 0.5) is 5.95 Å². The van der Waals surface area contributed by atoms with Gasteiger partial charge in [-0.25, -0.2) is 4.98 Å². The van der Waals surface area contributed by atoms with Crippen molar-refractivity contribution in [3.05, 3.63) is 99.7 Å². The van der Waals surface area contributed by atoms with E-state index in [9.17, 15) is 9.59 Å². The molecule has 1 aliphatic rings. The van der Waals surface area contributed by atoms with Gasteiger partial charge in [-0.3, -0.25) is 19.5 Å². The van der Waals surface area contributed by atoms with Crippen molar-refractivity contribution in [3.8, 4) is 16.9 Å². The fourth-order valence-electron chi connectivity index (χ4n) is 4.70. The lowest BCUT2D eigenvalue weighted by Gasteiger charge is -2.25. The quantitative estimate of drug-likeness (QED) is 0.252. The Kier molecular flexibility index (Phi) is 8.54. The molecule has 0 bridgehead atoms. The highest BCUT2D eigenvalue weighted by Crippen LogP contribution is 2.27. The first-order chi connectivity index (χ1) is 19.3. The fourth-order valence-corrected chi connectivity index (χ4v) is 5.04. The number of rotatable bonds is 8. The molecule has 206 valence electrons. The van der Waals surface area contributed by atoms with Crippen molar-refractivity contribution in [1.82, 2.24) is 14.5 Å². The third-order valence-corrected chi connectivity index (χ3v) is 7.62. The number of aryl methyl sites for hydroxylation is 2. The molecular formula is C31H30Cl2N4O3. The number of imidazole rings is 1. The van der Waals surface area contributed by atoms with Gasteiger partial charge in [-0.2, -0.15) is 0 Å². The van der Waals surface area contributed by atoms with E-state index in [2.05, 4.69) is 5.32 Å². The summed E-state index contributed by atoms with van der Waals surface area (Å²) in [6.45, 7) is 4.84. The van der Waals surface area contributed by atoms with Crippen LogP contribution in [0.15, 0.2) is 72.9 Å². The van der Waals surface area contributed by atoms with Gasteiger partial charge in [-0.1, -0.05) is 53.5 Å². The number of anilines is 1. The maximum absolute atomic E-state index is 13.5. The largest absolute Gasteiger partial charge is 0.376 e. The molecule has 1 atom stereocenters. The number of hydrogen-bond donors (Lipinski definition) is 1. The van der Waals surface area contributed by atoms with E-state index >= 15 is 0 Å². The average Bonchev–Trinajstić information content (AvgIpc) is 3.60. The highest BCUT2D eigenvalue weighted by atomic mass is 35.5. The van der Waals surface area contributed by atoms with E-state index in [1.54, 1.807) is 36.4 Å². The Balaban J connectivity index is 1.44. The number of carbonyl (C=O) groups is 2. The van der Waals surface area contributed by atoms with Crippen molar-refractivity contribution in [3.63, 3.8) is 0 Å². The Morgan fingerprint density at radius 3 is 2.52 bits per heavy atom. The van der Waals surface area contributed by atoms with Crippen molar-refractivity contribution < 1.29 is 14.3 Å². The zero-order valence-electron chi connectivity index (χ0n) is 22.4. The number of amides is 2. The summed E-state index contributed by atoms with van der Waals surface area (Å²) in [7, 11) is 0. The molecule has 2 heterocycles. The van der Waals surface area contributed by atoms with Crippen molar-refractivity contribution in [2.24, 2.45) is 0 Å². The van der Waals surface area contributed by atoms with Crippen molar-refractivity contribution >= 4 is 41.0 Å². The van der Waals surface area contributed by atoms with Crippen molar-refractivity contribution in [2.75, 3.05) is 25.0 Å². The Labute approximate surface area is 243 Å². The maximum Gasteiger partial charge on any atom is 0.255 e. The van der Waals surface area contributed by atoms with Crippen LogP contribution >= 0.6 is 23.2 Å². The number of hydrogen-bond acceptors (Lipinski definition) is 4. The minimum Gasteiger partial charge on any atom is -0.376 e. The number of carbonyl (C=O) groups excluding carboxylic acids is 2. The van der Waals surface area contributed by atoms with E-state index < -0.39 is 0 Å². The molecular weight excluding hydrogens is 547 g/mol. The standard InChI is InChI=1S/C31H30Cl2N4O3/c1-20-9-14-24(16-21(20)2)37-18-28(22-10-12-23(32)13-11-22)34-31(37)35-29(38)19-36(17-25-6-5-15-40-25)30(39)26-7-3-4-8-27(26)33/h3-4,7-14,16,18,25H,5-6,15,17,19H2,1-2H3,(H,34,35,38)/t25-/m0/s1. The minimum atomic E-state index is -0.378. The summed E-state index contributed by atoms with van der Waals surface area (Å²) in [5.41, 5.74) is 5.01. The minimum absolute atomic E-state index is 0.131. The number of halogens is 2. The zero-order valence-corrected chi connectivity index (χ0v) is 23.9. The molecule has 0 saturated carbocycles. The molecule has 1 fully saturated rings. The van der Waals surface area contributed by atoms with Gasteiger partial charge in [0.15, 0.2) is 0 Å². The summed E-state index contributed by atoms with van der Waals surface area (Å²) in [5.74, 6) is -0.354. The van der Waals surface area contributed by atoms with Gasteiger partial charge in [-0.05, 0) is 74.2 Å². The fraction of sp³-hybridized carbons (Fsp3) is 0.258. The van der Waals surface area contributed by atoms with Crippen molar-refractivity contribution in [1.29, 1.82) is 0 Å². The second kappa shape index (κ2) is 12.3. The number of benzene rings is 3. The Bertz CT molecular complexity index is 1530. The van der Waals surface area contributed by atoms with E-state index in [0.717, 1.165) is 35.2 Å². The van der Waals surface area contributed by atoms with Gasteiger partial charge >= 0.3 is 0 Å². The first kappa shape index (κ1) is 27.9. The van der Waals surface area contributed by atoms with Crippen LogP contribution in [0.1, 0.15) is 34.3 Å². The second-order valence-corrected chi connectivity index (χ2v) is 10.8. The molecule has 1 aromatic heterocycles. The van der Waals surface area contributed by atoms with Gasteiger partial charge in [0.1, 0.15) is 6.54 Å². The average molecular weight is 578 g/mol. The van der Waals surface area contributed by atoms with Crippen LogP contribution in [0.25, 0.3) is 16.9 Å². The molecule has 0 unspecified atom stereocenters. The van der Waals surface area contributed by atoms with Crippen LogP contribution in [0, 0.1) is 13.8 Å². The van der Waals surface area contributed by atoms with Gasteiger partial charge in [0, 0.05) is 35.6 Å². The molecule has 1 N–H and O–H groups in total. The monoisotopic (exact) mass is 576 g/mol.